The maximum absolute atomic E-state index is 11.9. The zero-order chi connectivity index (χ0) is 16.9. The number of nitrogens with zero attached hydrogens (tertiary/aromatic N) is 3. The molecule has 1 aliphatic heterocycles. The average Bonchev–Trinajstić information content (AvgIpc) is 2.56. The number of allylic oxidation sites excluding steroid dienone is 5. The quantitative estimate of drug-likeness (QED) is 0.165. The minimum atomic E-state index is 0.473. The molecule has 0 amide bonds. The maximum Gasteiger partial charge on any atom is 0.119 e. The molecule has 0 spiro atoms. The van der Waals surface area contributed by atoms with Gasteiger partial charge in [-0.15, -0.1) is 5.10 Å². The summed E-state index contributed by atoms with van der Waals surface area (Å²) in [6.07, 6.45) is 13.3. The van der Waals surface area contributed by atoms with Gasteiger partial charge in [-0.05, 0) is 36.8 Å². The summed E-state index contributed by atoms with van der Waals surface area (Å²) in [4.78, 5) is 1.92. The van der Waals surface area contributed by atoms with E-state index in [1.807, 2.05) is 23.1 Å². The lowest BCUT2D eigenvalue weighted by molar-refractivity contribution is 0.305. The highest BCUT2D eigenvalue weighted by atomic mass is 79.9. The molecule has 0 saturated carbocycles. The molecule has 23 heavy (non-hydrogen) atoms. The molecule has 0 atom stereocenters. The van der Waals surface area contributed by atoms with Crippen LogP contribution in [0.2, 0.25) is 0 Å². The van der Waals surface area contributed by atoms with Gasteiger partial charge in [0.25, 0.3) is 0 Å². The van der Waals surface area contributed by atoms with Crippen molar-refractivity contribution in [3.8, 4) is 0 Å². The molecule has 0 unspecified atom stereocenters. The van der Waals surface area contributed by atoms with E-state index in [1.54, 1.807) is 25.6 Å². The van der Waals surface area contributed by atoms with Crippen molar-refractivity contribution in [1.29, 1.82) is 0 Å². The second-order valence-corrected chi connectivity index (χ2v) is 5.39. The van der Waals surface area contributed by atoms with Crippen LogP contribution in [0.5, 0.6) is 0 Å². The first-order valence-corrected chi connectivity index (χ1v) is 7.74. The Bertz CT molecular complexity index is 564. The molecule has 7 heteroatoms. The Morgan fingerprint density at radius 3 is 3.04 bits per heavy atom. The predicted molar refractivity (Wildman–Crippen MR) is 96.9 cm³/mol. The lowest BCUT2D eigenvalue weighted by atomic mass is 10.3. The largest absolute Gasteiger partial charge is 0.497 e. The number of nitrogens with one attached hydrogen (secondary N) is 1. The number of halogens is 2. The van der Waals surface area contributed by atoms with Crippen molar-refractivity contribution in [3.63, 3.8) is 0 Å². The van der Waals surface area contributed by atoms with E-state index in [1.165, 1.54) is 6.08 Å². The third-order valence-corrected chi connectivity index (χ3v) is 3.32. The SMILES string of the molecule is C=N/N=C\N1CC(Br)=CC=C1NCC/C=C(/C=C\C=C\F)OC. The van der Waals surface area contributed by atoms with E-state index in [4.69, 9.17) is 4.74 Å². The van der Waals surface area contributed by atoms with Crippen LogP contribution in [0.15, 0.2) is 69.1 Å². The molecule has 124 valence electrons. The number of hydrogen-bond acceptors (Lipinski definition) is 4. The van der Waals surface area contributed by atoms with Gasteiger partial charge in [-0.3, -0.25) is 0 Å². The van der Waals surface area contributed by atoms with Crippen molar-refractivity contribution >= 4 is 29.0 Å². The van der Waals surface area contributed by atoms with Crippen LogP contribution in [0.3, 0.4) is 0 Å². The monoisotopic (exact) mass is 382 g/mol. The molecule has 0 saturated heterocycles. The van der Waals surface area contributed by atoms with E-state index in [2.05, 4.69) is 38.2 Å². The van der Waals surface area contributed by atoms with E-state index >= 15 is 0 Å². The molecule has 1 N–H and O–H groups in total. The Morgan fingerprint density at radius 2 is 2.35 bits per heavy atom. The maximum atomic E-state index is 11.9. The lowest BCUT2D eigenvalue weighted by Gasteiger charge is -2.25. The lowest BCUT2D eigenvalue weighted by Crippen LogP contribution is -2.33. The van der Waals surface area contributed by atoms with E-state index in [9.17, 15) is 4.39 Å². The zero-order valence-electron chi connectivity index (χ0n) is 13.0. The predicted octanol–water partition coefficient (Wildman–Crippen LogP) is 3.62. The van der Waals surface area contributed by atoms with Crippen molar-refractivity contribution in [3.05, 3.63) is 58.8 Å². The summed E-state index contributed by atoms with van der Waals surface area (Å²) in [5, 5.41) is 10.6. The number of ether oxygens (including phenoxy) is 1. The normalized spacial score (nSPS) is 16.1. The van der Waals surface area contributed by atoms with Crippen molar-refractivity contribution < 1.29 is 9.13 Å². The fourth-order valence-corrected chi connectivity index (χ4v) is 2.16. The van der Waals surface area contributed by atoms with Gasteiger partial charge < -0.3 is 15.0 Å². The molecule has 0 aromatic heterocycles. The van der Waals surface area contributed by atoms with Gasteiger partial charge >= 0.3 is 0 Å². The van der Waals surface area contributed by atoms with E-state index in [0.717, 1.165) is 16.7 Å². The molecule has 0 radical (unpaired) electrons. The van der Waals surface area contributed by atoms with Gasteiger partial charge in [-0.2, -0.15) is 5.10 Å². The van der Waals surface area contributed by atoms with Crippen LogP contribution in [0.1, 0.15) is 6.42 Å². The minimum Gasteiger partial charge on any atom is -0.497 e. The molecule has 0 aromatic carbocycles. The number of rotatable bonds is 9. The molecule has 0 aliphatic carbocycles. The van der Waals surface area contributed by atoms with Crippen LogP contribution in [0.25, 0.3) is 0 Å². The van der Waals surface area contributed by atoms with Crippen LogP contribution in [0, 0.1) is 0 Å². The van der Waals surface area contributed by atoms with Crippen LogP contribution >= 0.6 is 15.9 Å². The van der Waals surface area contributed by atoms with Gasteiger partial charge in [0.2, 0.25) is 0 Å². The highest BCUT2D eigenvalue weighted by molar-refractivity contribution is 9.11. The summed E-state index contributed by atoms with van der Waals surface area (Å²) in [5.74, 6) is 1.60. The minimum absolute atomic E-state index is 0.473. The second kappa shape index (κ2) is 11.4. The average molecular weight is 383 g/mol. The zero-order valence-corrected chi connectivity index (χ0v) is 14.5. The van der Waals surface area contributed by atoms with Gasteiger partial charge in [-0.25, -0.2) is 4.39 Å². The van der Waals surface area contributed by atoms with Gasteiger partial charge in [0.05, 0.1) is 20.0 Å². The molecule has 0 aromatic rings. The number of hydrogen-bond donors (Lipinski definition) is 1. The van der Waals surface area contributed by atoms with Crippen LogP contribution in [-0.4, -0.2) is 38.2 Å². The van der Waals surface area contributed by atoms with Gasteiger partial charge in [0.15, 0.2) is 0 Å². The molecular weight excluding hydrogens is 363 g/mol. The fourth-order valence-electron chi connectivity index (χ4n) is 1.75. The molecule has 1 aliphatic rings. The fraction of sp³-hybridized carbons (Fsp3) is 0.250. The van der Waals surface area contributed by atoms with Crippen LogP contribution in [0.4, 0.5) is 4.39 Å². The van der Waals surface area contributed by atoms with Crippen molar-refractivity contribution in [2.75, 3.05) is 20.2 Å². The summed E-state index contributed by atoms with van der Waals surface area (Å²) in [5.41, 5.74) is 0. The summed E-state index contributed by atoms with van der Waals surface area (Å²) in [6.45, 7) is 4.71. The van der Waals surface area contributed by atoms with Gasteiger partial charge in [0.1, 0.15) is 17.9 Å². The first-order chi connectivity index (χ1) is 11.2. The second-order valence-electron chi connectivity index (χ2n) is 4.37. The van der Waals surface area contributed by atoms with Crippen molar-refractivity contribution in [2.45, 2.75) is 6.42 Å². The van der Waals surface area contributed by atoms with Gasteiger partial charge in [0, 0.05) is 17.7 Å². The summed E-state index contributed by atoms with van der Waals surface area (Å²) in [6, 6.07) is 0. The molecule has 1 heterocycles. The smallest absolute Gasteiger partial charge is 0.119 e. The number of methoxy groups -OCH3 is 1. The third-order valence-electron chi connectivity index (χ3n) is 2.80. The standard InChI is InChI=1S/C16H20BrFN4O/c1-19-21-13-22-12-14(17)8-9-16(22)20-11-5-7-15(23-2)6-3-4-10-18/h3-4,6-10,13,20H,1,5,11-12H2,2H3/b6-3-,10-4+,15-7-,21-13-. The summed E-state index contributed by atoms with van der Waals surface area (Å²) in [7, 11) is 1.58. The molecule has 0 bridgehead atoms. The Labute approximate surface area is 144 Å². The summed E-state index contributed by atoms with van der Waals surface area (Å²) >= 11 is 3.46. The van der Waals surface area contributed by atoms with E-state index in [0.29, 0.717) is 25.2 Å². The summed E-state index contributed by atoms with van der Waals surface area (Å²) < 4.78 is 18.1. The van der Waals surface area contributed by atoms with Crippen LogP contribution < -0.4 is 5.32 Å². The Balaban J connectivity index is 2.55. The highest BCUT2D eigenvalue weighted by Crippen LogP contribution is 2.16. The third kappa shape index (κ3) is 7.60. The van der Waals surface area contributed by atoms with Crippen LogP contribution in [-0.2, 0) is 4.74 Å². The highest BCUT2D eigenvalue weighted by Gasteiger charge is 2.11. The Morgan fingerprint density at radius 1 is 1.52 bits per heavy atom. The first-order valence-electron chi connectivity index (χ1n) is 6.95. The van der Waals surface area contributed by atoms with E-state index < -0.39 is 0 Å². The molecule has 1 rings (SSSR count). The topological polar surface area (TPSA) is 49.2 Å². The van der Waals surface area contributed by atoms with E-state index in [-0.39, 0.29) is 0 Å². The molecule has 0 fully saturated rings. The first kappa shape index (κ1) is 18.9. The van der Waals surface area contributed by atoms with Crippen molar-refractivity contribution in [2.24, 2.45) is 10.2 Å². The van der Waals surface area contributed by atoms with Crippen molar-refractivity contribution in [1.82, 2.24) is 10.2 Å². The Hall–Kier alpha value is -2.15. The molecule has 5 nitrogen and oxygen atoms in total. The molecular formula is C16H20BrFN4O. The Kier molecular flexibility index (Phi) is 9.38. The van der Waals surface area contributed by atoms with Gasteiger partial charge in [-0.1, -0.05) is 22.0 Å².